The Kier molecular flexibility index (Phi) is 4.60. The Morgan fingerprint density at radius 2 is 1.82 bits per heavy atom. The summed E-state index contributed by atoms with van der Waals surface area (Å²) in [5.74, 6) is 0.512. The minimum Gasteiger partial charge on any atom is -0.392 e. The lowest BCUT2D eigenvalue weighted by Gasteiger charge is -2.26. The molecule has 0 radical (unpaired) electrons. The van der Waals surface area contributed by atoms with E-state index in [4.69, 9.17) is 5.73 Å². The lowest BCUT2D eigenvalue weighted by atomic mass is 9.85. The highest BCUT2D eigenvalue weighted by Gasteiger charge is 2.29. The number of aliphatic hydroxyl groups excluding tert-OH is 1. The predicted molar refractivity (Wildman–Crippen MR) is 73.9 cm³/mol. The molecule has 2 unspecified atom stereocenters. The summed E-state index contributed by atoms with van der Waals surface area (Å²) in [4.78, 5) is 0. The van der Waals surface area contributed by atoms with Crippen LogP contribution < -0.4 is 5.73 Å². The zero-order valence-electron chi connectivity index (χ0n) is 9.98. The highest BCUT2D eigenvalue weighted by Crippen LogP contribution is 2.34. The molecule has 0 heterocycles. The van der Waals surface area contributed by atoms with Crippen molar-refractivity contribution < 1.29 is 5.11 Å². The van der Waals surface area contributed by atoms with Crippen molar-refractivity contribution >= 4 is 15.9 Å². The fraction of sp³-hybridized carbons (Fsp3) is 0.571. The monoisotopic (exact) mass is 297 g/mol. The van der Waals surface area contributed by atoms with Gasteiger partial charge in [0.05, 0.1) is 6.10 Å². The first-order chi connectivity index (χ1) is 8.22. The maximum atomic E-state index is 10.4. The quantitative estimate of drug-likeness (QED) is 0.897. The van der Waals surface area contributed by atoms with Crippen LogP contribution in [0.3, 0.4) is 0 Å². The molecule has 0 amide bonds. The molecule has 1 aromatic carbocycles. The minimum absolute atomic E-state index is 0.0752. The van der Waals surface area contributed by atoms with Gasteiger partial charge >= 0.3 is 0 Å². The Morgan fingerprint density at radius 3 is 2.35 bits per heavy atom. The van der Waals surface area contributed by atoms with Crippen LogP contribution in [-0.2, 0) is 0 Å². The van der Waals surface area contributed by atoms with E-state index in [0.29, 0.717) is 12.5 Å². The number of benzene rings is 1. The Bertz CT molecular complexity index is 346. The molecular formula is C14H20BrNO. The first-order valence-electron chi connectivity index (χ1n) is 6.36. The molecule has 3 N–H and O–H groups in total. The fourth-order valence-corrected chi connectivity index (χ4v) is 3.07. The van der Waals surface area contributed by atoms with E-state index in [2.05, 4.69) is 28.1 Å². The largest absolute Gasteiger partial charge is 0.392 e. The molecule has 94 valence electrons. The molecule has 2 nitrogen and oxygen atoms in total. The topological polar surface area (TPSA) is 46.2 Å². The molecule has 0 saturated heterocycles. The maximum absolute atomic E-state index is 10.4. The summed E-state index contributed by atoms with van der Waals surface area (Å²) in [5, 5.41) is 10.4. The summed E-state index contributed by atoms with van der Waals surface area (Å²) in [6, 6.07) is 8.14. The molecule has 0 bridgehead atoms. The van der Waals surface area contributed by atoms with E-state index in [0.717, 1.165) is 22.9 Å². The summed E-state index contributed by atoms with van der Waals surface area (Å²) in [7, 11) is 0. The van der Waals surface area contributed by atoms with Crippen LogP contribution in [0.5, 0.6) is 0 Å². The molecule has 1 saturated carbocycles. The molecule has 1 aromatic rings. The third-order valence-electron chi connectivity index (χ3n) is 3.85. The van der Waals surface area contributed by atoms with E-state index >= 15 is 0 Å². The fourth-order valence-electron chi connectivity index (χ4n) is 2.81. The summed E-state index contributed by atoms with van der Waals surface area (Å²) >= 11 is 3.43. The van der Waals surface area contributed by atoms with Crippen molar-refractivity contribution in [3.63, 3.8) is 0 Å². The Hall–Kier alpha value is -0.380. The molecule has 0 spiro atoms. The van der Waals surface area contributed by atoms with Crippen LogP contribution in [0.1, 0.15) is 37.2 Å². The van der Waals surface area contributed by atoms with E-state index in [-0.39, 0.29) is 12.0 Å². The molecule has 2 rings (SSSR count). The normalized spacial score (nSPS) is 20.4. The SMILES string of the molecule is NCC(c1ccc(Br)cc1)C(O)C1CCCC1. The van der Waals surface area contributed by atoms with Gasteiger partial charge in [-0.2, -0.15) is 0 Å². The second kappa shape index (κ2) is 5.98. The van der Waals surface area contributed by atoms with Gasteiger partial charge in [-0.25, -0.2) is 0 Å². The molecule has 0 aromatic heterocycles. The van der Waals surface area contributed by atoms with Crippen molar-refractivity contribution in [3.8, 4) is 0 Å². The molecule has 1 aliphatic rings. The molecular weight excluding hydrogens is 278 g/mol. The van der Waals surface area contributed by atoms with E-state index < -0.39 is 0 Å². The number of aliphatic hydroxyl groups is 1. The van der Waals surface area contributed by atoms with Crippen LogP contribution >= 0.6 is 15.9 Å². The smallest absolute Gasteiger partial charge is 0.0648 e. The number of halogens is 1. The van der Waals surface area contributed by atoms with Gasteiger partial charge in [0.2, 0.25) is 0 Å². The molecule has 1 fully saturated rings. The molecule has 3 heteroatoms. The number of rotatable bonds is 4. The van der Waals surface area contributed by atoms with Crippen molar-refractivity contribution in [1.82, 2.24) is 0 Å². The van der Waals surface area contributed by atoms with Gasteiger partial charge < -0.3 is 10.8 Å². The first kappa shape index (κ1) is 13.1. The van der Waals surface area contributed by atoms with Crippen molar-refractivity contribution in [2.45, 2.75) is 37.7 Å². The van der Waals surface area contributed by atoms with Crippen molar-refractivity contribution in [3.05, 3.63) is 34.3 Å². The third kappa shape index (κ3) is 3.09. The van der Waals surface area contributed by atoms with Crippen LogP contribution in [0.4, 0.5) is 0 Å². The average Bonchev–Trinajstić information content (AvgIpc) is 2.86. The summed E-state index contributed by atoms with van der Waals surface area (Å²) in [5.41, 5.74) is 6.99. The maximum Gasteiger partial charge on any atom is 0.0648 e. The second-order valence-corrected chi connectivity index (χ2v) is 5.84. The molecule has 17 heavy (non-hydrogen) atoms. The number of nitrogens with two attached hydrogens (primary N) is 1. The Balaban J connectivity index is 2.11. The Morgan fingerprint density at radius 1 is 1.24 bits per heavy atom. The Labute approximate surface area is 111 Å². The van der Waals surface area contributed by atoms with Gasteiger partial charge in [-0.05, 0) is 36.5 Å². The lowest BCUT2D eigenvalue weighted by molar-refractivity contribution is 0.0851. The summed E-state index contributed by atoms with van der Waals surface area (Å²) in [6.45, 7) is 0.513. The van der Waals surface area contributed by atoms with Gasteiger partial charge in [0.25, 0.3) is 0 Å². The van der Waals surface area contributed by atoms with Crippen LogP contribution in [0.2, 0.25) is 0 Å². The highest BCUT2D eigenvalue weighted by atomic mass is 79.9. The van der Waals surface area contributed by atoms with Gasteiger partial charge in [-0.15, -0.1) is 0 Å². The summed E-state index contributed by atoms with van der Waals surface area (Å²) < 4.78 is 1.06. The van der Waals surface area contributed by atoms with Crippen LogP contribution in [0.25, 0.3) is 0 Å². The minimum atomic E-state index is -0.288. The van der Waals surface area contributed by atoms with Crippen molar-refractivity contribution in [1.29, 1.82) is 0 Å². The number of hydrogen-bond donors (Lipinski definition) is 2. The standard InChI is InChI=1S/C14H20BrNO/c15-12-7-5-10(6-8-12)13(9-16)14(17)11-3-1-2-4-11/h5-8,11,13-14,17H,1-4,9,16H2. The second-order valence-electron chi connectivity index (χ2n) is 4.93. The van der Waals surface area contributed by atoms with Gasteiger partial charge in [0.1, 0.15) is 0 Å². The van der Waals surface area contributed by atoms with E-state index in [1.54, 1.807) is 0 Å². The molecule has 2 atom stereocenters. The lowest BCUT2D eigenvalue weighted by Crippen LogP contribution is -2.31. The van der Waals surface area contributed by atoms with Gasteiger partial charge in [0, 0.05) is 16.9 Å². The van der Waals surface area contributed by atoms with Crippen molar-refractivity contribution in [2.75, 3.05) is 6.54 Å². The highest BCUT2D eigenvalue weighted by molar-refractivity contribution is 9.10. The zero-order chi connectivity index (χ0) is 12.3. The molecule has 1 aliphatic carbocycles. The number of hydrogen-bond acceptors (Lipinski definition) is 2. The van der Waals surface area contributed by atoms with Crippen LogP contribution in [-0.4, -0.2) is 17.8 Å². The van der Waals surface area contributed by atoms with E-state index in [1.165, 1.54) is 12.8 Å². The van der Waals surface area contributed by atoms with Gasteiger partial charge in [-0.1, -0.05) is 40.9 Å². The van der Waals surface area contributed by atoms with E-state index in [1.807, 2.05) is 12.1 Å². The molecule has 0 aliphatic heterocycles. The van der Waals surface area contributed by atoms with Crippen LogP contribution in [0.15, 0.2) is 28.7 Å². The van der Waals surface area contributed by atoms with Gasteiger partial charge in [0.15, 0.2) is 0 Å². The third-order valence-corrected chi connectivity index (χ3v) is 4.38. The first-order valence-corrected chi connectivity index (χ1v) is 7.15. The predicted octanol–water partition coefficient (Wildman–Crippen LogP) is 3.04. The van der Waals surface area contributed by atoms with Crippen LogP contribution in [0, 0.1) is 5.92 Å². The average molecular weight is 298 g/mol. The van der Waals surface area contributed by atoms with Crippen molar-refractivity contribution in [2.24, 2.45) is 11.7 Å². The zero-order valence-corrected chi connectivity index (χ0v) is 11.6. The summed E-state index contributed by atoms with van der Waals surface area (Å²) in [6.07, 6.45) is 4.50. The van der Waals surface area contributed by atoms with E-state index in [9.17, 15) is 5.11 Å². The van der Waals surface area contributed by atoms with Gasteiger partial charge in [-0.3, -0.25) is 0 Å².